The zero-order valence-electron chi connectivity index (χ0n) is 8.46. The first kappa shape index (κ1) is 13.8. The third-order valence-corrected chi connectivity index (χ3v) is 2.42. The number of halogens is 4. The Bertz CT molecular complexity index is 434. The molecule has 1 atom stereocenters. The van der Waals surface area contributed by atoms with Crippen LogP contribution in [0.15, 0.2) is 18.2 Å². The van der Waals surface area contributed by atoms with Crippen molar-refractivity contribution in [3.63, 3.8) is 0 Å². The largest absolute Gasteiger partial charge is 0.480 e. The van der Waals surface area contributed by atoms with Gasteiger partial charge in [0.2, 0.25) is 0 Å². The molecule has 1 aromatic carbocycles. The van der Waals surface area contributed by atoms with E-state index in [-0.39, 0.29) is 6.42 Å². The molecule has 0 aliphatic rings. The van der Waals surface area contributed by atoms with Gasteiger partial charge in [-0.25, -0.2) is 0 Å². The fraction of sp³-hybridized carbons (Fsp3) is 0.300. The topological polar surface area (TPSA) is 63.3 Å². The molecule has 0 aliphatic carbocycles. The molecule has 0 bridgehead atoms. The summed E-state index contributed by atoms with van der Waals surface area (Å²) in [6.45, 7) is 0. The Hall–Kier alpha value is -1.27. The van der Waals surface area contributed by atoms with Crippen LogP contribution in [0, 0.1) is 0 Å². The summed E-state index contributed by atoms with van der Waals surface area (Å²) in [6.07, 6.45) is -4.60. The minimum absolute atomic E-state index is 0.0762. The summed E-state index contributed by atoms with van der Waals surface area (Å²) in [5.74, 6) is -1.22. The normalized spacial score (nSPS) is 13.5. The van der Waals surface area contributed by atoms with Gasteiger partial charge in [0.1, 0.15) is 6.04 Å². The lowest BCUT2D eigenvalue weighted by atomic mass is 10.0. The number of carboxylic acid groups (broad SMARTS) is 1. The number of alkyl halides is 3. The van der Waals surface area contributed by atoms with Gasteiger partial charge in [-0.1, -0.05) is 17.7 Å². The lowest BCUT2D eigenvalue weighted by molar-refractivity contribution is -0.139. The van der Waals surface area contributed by atoms with Crippen molar-refractivity contribution in [2.24, 2.45) is 5.73 Å². The fourth-order valence-corrected chi connectivity index (χ4v) is 1.57. The van der Waals surface area contributed by atoms with Crippen molar-refractivity contribution in [1.29, 1.82) is 0 Å². The van der Waals surface area contributed by atoms with Gasteiger partial charge in [0.15, 0.2) is 0 Å². The molecule has 3 nitrogen and oxygen atoms in total. The first-order chi connectivity index (χ1) is 7.71. The highest BCUT2D eigenvalue weighted by Crippen LogP contribution is 2.35. The van der Waals surface area contributed by atoms with E-state index in [0.29, 0.717) is 5.56 Å². The maximum Gasteiger partial charge on any atom is 0.417 e. The van der Waals surface area contributed by atoms with Gasteiger partial charge in [-0.3, -0.25) is 4.79 Å². The summed E-state index contributed by atoms with van der Waals surface area (Å²) in [6, 6.07) is 1.89. The van der Waals surface area contributed by atoms with Crippen LogP contribution in [0.5, 0.6) is 0 Å². The second kappa shape index (κ2) is 4.93. The van der Waals surface area contributed by atoms with Crippen molar-refractivity contribution >= 4 is 17.6 Å². The molecule has 0 aliphatic heterocycles. The van der Waals surface area contributed by atoms with E-state index in [4.69, 9.17) is 22.4 Å². The van der Waals surface area contributed by atoms with E-state index in [0.717, 1.165) is 18.2 Å². The van der Waals surface area contributed by atoms with Crippen LogP contribution >= 0.6 is 11.6 Å². The van der Waals surface area contributed by atoms with Crippen molar-refractivity contribution in [1.82, 2.24) is 0 Å². The fourth-order valence-electron chi connectivity index (χ4n) is 1.26. The molecule has 0 saturated carbocycles. The number of carbonyl (C=O) groups is 1. The molecule has 17 heavy (non-hydrogen) atoms. The van der Waals surface area contributed by atoms with Crippen molar-refractivity contribution in [3.8, 4) is 0 Å². The minimum atomic E-state index is -4.52. The highest BCUT2D eigenvalue weighted by molar-refractivity contribution is 6.31. The highest BCUT2D eigenvalue weighted by atomic mass is 35.5. The van der Waals surface area contributed by atoms with Gasteiger partial charge in [0.25, 0.3) is 0 Å². The maximum atomic E-state index is 12.4. The van der Waals surface area contributed by atoms with E-state index in [9.17, 15) is 18.0 Å². The number of benzene rings is 1. The highest BCUT2D eigenvalue weighted by Gasteiger charge is 2.33. The molecule has 94 valence electrons. The van der Waals surface area contributed by atoms with E-state index >= 15 is 0 Å². The minimum Gasteiger partial charge on any atom is -0.480 e. The number of hydrogen-bond acceptors (Lipinski definition) is 2. The van der Waals surface area contributed by atoms with Gasteiger partial charge < -0.3 is 10.8 Å². The monoisotopic (exact) mass is 267 g/mol. The van der Waals surface area contributed by atoms with Gasteiger partial charge in [0.05, 0.1) is 10.6 Å². The second-order valence-electron chi connectivity index (χ2n) is 3.46. The Morgan fingerprint density at radius 2 is 2.06 bits per heavy atom. The van der Waals surface area contributed by atoms with Gasteiger partial charge in [0, 0.05) is 0 Å². The van der Waals surface area contributed by atoms with E-state index in [1.54, 1.807) is 0 Å². The second-order valence-corrected chi connectivity index (χ2v) is 3.87. The van der Waals surface area contributed by atoms with Crippen molar-refractivity contribution < 1.29 is 23.1 Å². The van der Waals surface area contributed by atoms with Crippen LogP contribution in [0.2, 0.25) is 5.02 Å². The van der Waals surface area contributed by atoms with Crippen LogP contribution in [-0.2, 0) is 17.4 Å². The molecule has 0 saturated heterocycles. The molecule has 3 N–H and O–H groups in total. The molecule has 0 amide bonds. The Morgan fingerprint density at radius 3 is 2.47 bits per heavy atom. The SMILES string of the molecule is N[C@H](Cc1ccc(C(F)(F)F)c(Cl)c1)C(=O)O. The van der Waals surface area contributed by atoms with Crippen LogP contribution in [0.25, 0.3) is 0 Å². The van der Waals surface area contributed by atoms with Gasteiger partial charge in [-0.05, 0) is 24.1 Å². The standard InChI is InChI=1S/C10H9ClF3NO2/c11-7-3-5(4-8(15)9(16)17)1-2-6(7)10(12,13)14/h1-3,8H,4,15H2,(H,16,17)/t8-/m1/s1. The molecule has 0 heterocycles. The first-order valence-electron chi connectivity index (χ1n) is 4.56. The summed E-state index contributed by atoms with van der Waals surface area (Å²) in [4.78, 5) is 10.5. The van der Waals surface area contributed by atoms with Crippen molar-refractivity contribution in [2.45, 2.75) is 18.6 Å². The molecule has 0 radical (unpaired) electrons. The molecule has 7 heteroatoms. The molecule has 0 fully saturated rings. The Balaban J connectivity index is 2.94. The third-order valence-electron chi connectivity index (χ3n) is 2.11. The summed E-state index contributed by atoms with van der Waals surface area (Å²) >= 11 is 5.47. The molecule has 1 rings (SSSR count). The average Bonchev–Trinajstić information content (AvgIpc) is 2.15. The lowest BCUT2D eigenvalue weighted by Gasteiger charge is -2.11. The number of nitrogens with two attached hydrogens (primary N) is 1. The average molecular weight is 268 g/mol. The van der Waals surface area contributed by atoms with Gasteiger partial charge >= 0.3 is 12.1 Å². The zero-order chi connectivity index (χ0) is 13.2. The molecular formula is C10H9ClF3NO2. The number of hydrogen-bond donors (Lipinski definition) is 2. The molecular weight excluding hydrogens is 259 g/mol. The lowest BCUT2D eigenvalue weighted by Crippen LogP contribution is -2.32. The zero-order valence-corrected chi connectivity index (χ0v) is 9.22. The summed E-state index contributed by atoms with van der Waals surface area (Å²) in [5, 5.41) is 8.09. The van der Waals surface area contributed by atoms with E-state index in [1.807, 2.05) is 0 Å². The summed E-state index contributed by atoms with van der Waals surface area (Å²) in [7, 11) is 0. The predicted octanol–water partition coefficient (Wildman–Crippen LogP) is 2.31. The number of carboxylic acids is 1. The van der Waals surface area contributed by atoms with Crippen LogP contribution < -0.4 is 5.73 Å². The first-order valence-corrected chi connectivity index (χ1v) is 4.93. The summed E-state index contributed by atoms with van der Waals surface area (Å²) < 4.78 is 37.1. The molecule has 1 aromatic rings. The van der Waals surface area contributed by atoms with E-state index < -0.39 is 28.8 Å². The van der Waals surface area contributed by atoms with Crippen LogP contribution in [0.4, 0.5) is 13.2 Å². The molecule has 0 spiro atoms. The van der Waals surface area contributed by atoms with Crippen molar-refractivity contribution in [3.05, 3.63) is 34.3 Å². The molecule has 0 aromatic heterocycles. The van der Waals surface area contributed by atoms with Crippen LogP contribution in [-0.4, -0.2) is 17.1 Å². The predicted molar refractivity (Wildman–Crippen MR) is 55.8 cm³/mol. The Kier molecular flexibility index (Phi) is 4.00. The van der Waals surface area contributed by atoms with Crippen LogP contribution in [0.3, 0.4) is 0 Å². The third kappa shape index (κ3) is 3.61. The Labute approximate surface area is 100.0 Å². The quantitative estimate of drug-likeness (QED) is 0.883. The number of aliphatic carboxylic acids is 1. The smallest absolute Gasteiger partial charge is 0.417 e. The van der Waals surface area contributed by atoms with E-state index in [1.165, 1.54) is 0 Å². The maximum absolute atomic E-state index is 12.4. The van der Waals surface area contributed by atoms with Gasteiger partial charge in [-0.15, -0.1) is 0 Å². The Morgan fingerprint density at radius 1 is 1.47 bits per heavy atom. The van der Waals surface area contributed by atoms with Crippen molar-refractivity contribution in [2.75, 3.05) is 0 Å². The van der Waals surface area contributed by atoms with E-state index in [2.05, 4.69) is 0 Å². The van der Waals surface area contributed by atoms with Crippen LogP contribution in [0.1, 0.15) is 11.1 Å². The summed E-state index contributed by atoms with van der Waals surface area (Å²) in [5.41, 5.74) is 4.65. The molecule has 0 unspecified atom stereocenters. The van der Waals surface area contributed by atoms with Gasteiger partial charge in [-0.2, -0.15) is 13.2 Å². The number of rotatable bonds is 3.